The van der Waals surface area contributed by atoms with Crippen LogP contribution in [0.2, 0.25) is 0 Å². The van der Waals surface area contributed by atoms with E-state index in [4.69, 9.17) is 46.4 Å². The fourth-order valence-electron chi connectivity index (χ4n) is 1.20. The van der Waals surface area contributed by atoms with Crippen LogP contribution in [0.25, 0.3) is 0 Å². The molecule has 94 valence electrons. The predicted octanol–water partition coefficient (Wildman–Crippen LogP) is 3.25. The third-order valence-corrected chi connectivity index (χ3v) is 4.22. The second kappa shape index (κ2) is 6.26. The molecule has 0 spiro atoms. The lowest BCUT2D eigenvalue weighted by Crippen LogP contribution is -2.44. The monoisotopic (exact) mass is 314 g/mol. The van der Waals surface area contributed by atoms with Crippen LogP contribution < -0.4 is 0 Å². The highest BCUT2D eigenvalue weighted by atomic mass is 35.5. The number of alkyl halides is 4. The molecule has 0 aliphatic heterocycles. The van der Waals surface area contributed by atoms with E-state index in [2.05, 4.69) is 0 Å². The van der Waals surface area contributed by atoms with Gasteiger partial charge in [-0.05, 0) is 0 Å². The van der Waals surface area contributed by atoms with E-state index in [1.54, 1.807) is 30.3 Å². The van der Waals surface area contributed by atoms with E-state index in [-0.39, 0.29) is 5.88 Å². The molecule has 6 heteroatoms. The standard InChI is InChI=1S/C11H10Cl4O2/c12-6-8(16)11(14,15)10(13)9(17)7-4-2-1-3-5-7/h1-5,8,10,16H,6H2. The minimum Gasteiger partial charge on any atom is -0.389 e. The molecule has 0 fully saturated rings. The van der Waals surface area contributed by atoms with Gasteiger partial charge in [0.05, 0.1) is 5.88 Å². The highest BCUT2D eigenvalue weighted by Crippen LogP contribution is 2.35. The molecule has 17 heavy (non-hydrogen) atoms. The number of carbonyl (C=O) groups is 1. The highest BCUT2D eigenvalue weighted by molar-refractivity contribution is 6.56. The van der Waals surface area contributed by atoms with Gasteiger partial charge in [-0.2, -0.15) is 0 Å². The van der Waals surface area contributed by atoms with Gasteiger partial charge in [0.25, 0.3) is 0 Å². The van der Waals surface area contributed by atoms with Crippen LogP contribution in [0.1, 0.15) is 10.4 Å². The molecular weight excluding hydrogens is 306 g/mol. The Bertz CT molecular complexity index is 380. The van der Waals surface area contributed by atoms with E-state index in [0.717, 1.165) is 0 Å². The molecule has 2 nitrogen and oxygen atoms in total. The normalized spacial score (nSPS) is 15.4. The molecule has 0 aromatic heterocycles. The van der Waals surface area contributed by atoms with Gasteiger partial charge >= 0.3 is 0 Å². The fourth-order valence-corrected chi connectivity index (χ4v) is 2.22. The summed E-state index contributed by atoms with van der Waals surface area (Å²) in [6.45, 7) is 0. The average Bonchev–Trinajstić information content (AvgIpc) is 2.36. The number of halogens is 4. The van der Waals surface area contributed by atoms with E-state index < -0.39 is 21.6 Å². The molecule has 0 aliphatic carbocycles. The summed E-state index contributed by atoms with van der Waals surface area (Å²) in [4.78, 5) is 12.0. The summed E-state index contributed by atoms with van der Waals surface area (Å²) in [5.41, 5.74) is 0.375. The largest absolute Gasteiger partial charge is 0.389 e. The van der Waals surface area contributed by atoms with Crippen molar-refractivity contribution in [3.63, 3.8) is 0 Å². The first-order valence-corrected chi connectivity index (χ1v) is 6.49. The van der Waals surface area contributed by atoms with E-state index in [0.29, 0.717) is 5.56 Å². The summed E-state index contributed by atoms with van der Waals surface area (Å²) in [7, 11) is 0. The van der Waals surface area contributed by atoms with Crippen LogP contribution in [0, 0.1) is 0 Å². The van der Waals surface area contributed by atoms with E-state index in [1.165, 1.54) is 0 Å². The number of hydrogen-bond donors (Lipinski definition) is 1. The smallest absolute Gasteiger partial charge is 0.183 e. The van der Waals surface area contributed by atoms with Crippen molar-refractivity contribution in [2.24, 2.45) is 0 Å². The molecule has 1 N–H and O–H groups in total. The van der Waals surface area contributed by atoms with Gasteiger partial charge in [0.2, 0.25) is 0 Å². The molecule has 1 rings (SSSR count). The van der Waals surface area contributed by atoms with Gasteiger partial charge < -0.3 is 5.11 Å². The van der Waals surface area contributed by atoms with Crippen molar-refractivity contribution in [3.8, 4) is 0 Å². The topological polar surface area (TPSA) is 37.3 Å². The molecule has 0 saturated heterocycles. The van der Waals surface area contributed by atoms with Crippen molar-refractivity contribution in [2.45, 2.75) is 15.8 Å². The van der Waals surface area contributed by atoms with Crippen molar-refractivity contribution >= 4 is 52.2 Å². The average molecular weight is 316 g/mol. The minimum absolute atomic E-state index is 0.210. The van der Waals surface area contributed by atoms with Gasteiger partial charge in [-0.3, -0.25) is 4.79 Å². The quantitative estimate of drug-likeness (QED) is 0.669. The van der Waals surface area contributed by atoms with Crippen LogP contribution in [0.15, 0.2) is 30.3 Å². The maximum atomic E-state index is 12.0. The van der Waals surface area contributed by atoms with Crippen LogP contribution in [-0.2, 0) is 0 Å². The third kappa shape index (κ3) is 3.49. The minimum atomic E-state index is -1.82. The Morgan fingerprint density at radius 1 is 1.29 bits per heavy atom. The Kier molecular flexibility index (Phi) is 5.55. The first kappa shape index (κ1) is 15.1. The second-order valence-electron chi connectivity index (χ2n) is 3.44. The van der Waals surface area contributed by atoms with Gasteiger partial charge in [-0.15, -0.1) is 23.2 Å². The number of ketones is 1. The number of benzene rings is 1. The van der Waals surface area contributed by atoms with Gasteiger partial charge in [-0.25, -0.2) is 0 Å². The molecule has 1 aromatic carbocycles. The van der Waals surface area contributed by atoms with Gasteiger partial charge in [0.15, 0.2) is 10.1 Å². The first-order valence-electron chi connectivity index (χ1n) is 4.76. The number of rotatable bonds is 5. The predicted molar refractivity (Wildman–Crippen MR) is 71.6 cm³/mol. The fraction of sp³-hybridized carbons (Fsp3) is 0.364. The summed E-state index contributed by atoms with van der Waals surface area (Å²) >= 11 is 23.1. The summed E-state index contributed by atoms with van der Waals surface area (Å²) < 4.78 is -1.82. The number of carbonyl (C=O) groups excluding carboxylic acids is 1. The van der Waals surface area contributed by atoms with Crippen LogP contribution in [0.5, 0.6) is 0 Å². The molecule has 0 bridgehead atoms. The van der Waals surface area contributed by atoms with E-state index in [9.17, 15) is 9.90 Å². The molecule has 0 radical (unpaired) electrons. The van der Waals surface area contributed by atoms with Gasteiger partial charge in [0, 0.05) is 5.56 Å². The number of Topliss-reactive ketones (excluding diaryl/α,β-unsaturated/α-hetero) is 1. The summed E-state index contributed by atoms with van der Waals surface area (Å²) in [5.74, 6) is -0.667. The zero-order valence-corrected chi connectivity index (χ0v) is 11.6. The molecule has 0 aliphatic rings. The van der Waals surface area contributed by atoms with Crippen molar-refractivity contribution in [1.82, 2.24) is 0 Å². The third-order valence-electron chi connectivity index (χ3n) is 2.22. The summed E-state index contributed by atoms with van der Waals surface area (Å²) in [6.07, 6.45) is -1.29. The molecular formula is C11H10Cl4O2. The molecule has 0 saturated carbocycles. The number of hydrogen-bond acceptors (Lipinski definition) is 2. The first-order chi connectivity index (χ1) is 7.91. The lowest BCUT2D eigenvalue weighted by Gasteiger charge is -2.27. The molecule has 0 heterocycles. The Hall–Kier alpha value is 0.01000. The van der Waals surface area contributed by atoms with E-state index >= 15 is 0 Å². The van der Waals surface area contributed by atoms with Crippen molar-refractivity contribution < 1.29 is 9.90 Å². The van der Waals surface area contributed by atoms with Crippen LogP contribution >= 0.6 is 46.4 Å². The summed E-state index contributed by atoms with van der Waals surface area (Å²) in [5, 5.41) is 8.24. The van der Waals surface area contributed by atoms with Crippen LogP contribution in [-0.4, -0.2) is 32.6 Å². The van der Waals surface area contributed by atoms with Gasteiger partial charge in [-0.1, -0.05) is 53.5 Å². The van der Waals surface area contributed by atoms with Gasteiger partial charge in [0.1, 0.15) is 11.5 Å². The number of aliphatic hydroxyl groups is 1. The number of aliphatic hydroxyl groups excluding tert-OH is 1. The Morgan fingerprint density at radius 2 is 1.82 bits per heavy atom. The van der Waals surface area contributed by atoms with Crippen LogP contribution in [0.3, 0.4) is 0 Å². The van der Waals surface area contributed by atoms with Crippen molar-refractivity contribution in [3.05, 3.63) is 35.9 Å². The molecule has 2 unspecified atom stereocenters. The Labute approximate surface area is 119 Å². The second-order valence-corrected chi connectivity index (χ2v) is 5.63. The molecule has 1 aromatic rings. The summed E-state index contributed by atoms with van der Waals surface area (Å²) in [6, 6.07) is 8.34. The zero-order valence-electron chi connectivity index (χ0n) is 8.62. The lowest BCUT2D eigenvalue weighted by atomic mass is 10.0. The molecule has 0 amide bonds. The Morgan fingerprint density at radius 3 is 2.29 bits per heavy atom. The molecule has 2 atom stereocenters. The van der Waals surface area contributed by atoms with E-state index in [1.807, 2.05) is 0 Å². The van der Waals surface area contributed by atoms with Crippen molar-refractivity contribution in [1.29, 1.82) is 0 Å². The Balaban J connectivity index is 2.90. The highest BCUT2D eigenvalue weighted by Gasteiger charge is 2.44. The SMILES string of the molecule is O=C(c1ccccc1)C(Cl)C(Cl)(Cl)C(O)CCl. The van der Waals surface area contributed by atoms with Crippen molar-refractivity contribution in [2.75, 3.05) is 5.88 Å². The van der Waals surface area contributed by atoms with Crippen LogP contribution in [0.4, 0.5) is 0 Å². The zero-order chi connectivity index (χ0) is 13.1. The maximum absolute atomic E-state index is 12.0. The maximum Gasteiger partial charge on any atom is 0.183 e. The lowest BCUT2D eigenvalue weighted by molar-refractivity contribution is 0.0947.